The number of anilines is 1. The van der Waals surface area contributed by atoms with Crippen molar-refractivity contribution in [3.05, 3.63) is 28.8 Å². The predicted molar refractivity (Wildman–Crippen MR) is 79.3 cm³/mol. The van der Waals surface area contributed by atoms with Crippen LogP contribution in [0.1, 0.15) is 37.6 Å². The first-order valence-electron chi connectivity index (χ1n) is 6.64. The number of hydrogen-bond donors (Lipinski definition) is 1. The molecule has 1 aromatic rings. The van der Waals surface area contributed by atoms with Crippen LogP contribution in [0.3, 0.4) is 0 Å². The van der Waals surface area contributed by atoms with E-state index in [2.05, 4.69) is 20.8 Å². The van der Waals surface area contributed by atoms with Gasteiger partial charge in [0.05, 0.1) is 16.3 Å². The van der Waals surface area contributed by atoms with E-state index in [0.29, 0.717) is 22.2 Å². The number of carbonyl (C=O) groups is 1. The molecule has 1 unspecified atom stereocenters. The van der Waals surface area contributed by atoms with Gasteiger partial charge >= 0.3 is 0 Å². The van der Waals surface area contributed by atoms with E-state index in [9.17, 15) is 4.79 Å². The van der Waals surface area contributed by atoms with Gasteiger partial charge in [-0.05, 0) is 29.9 Å². The van der Waals surface area contributed by atoms with Crippen molar-refractivity contribution in [2.45, 2.75) is 27.2 Å². The van der Waals surface area contributed by atoms with Crippen molar-refractivity contribution in [1.29, 1.82) is 0 Å². The quantitative estimate of drug-likeness (QED) is 0.801. The number of nitrogen functional groups attached to an aromatic ring is 1. The van der Waals surface area contributed by atoms with Crippen molar-refractivity contribution in [3.8, 4) is 0 Å². The second-order valence-electron chi connectivity index (χ2n) is 6.30. The predicted octanol–water partition coefficient (Wildman–Crippen LogP) is 3.43. The highest BCUT2D eigenvalue weighted by atomic mass is 35.5. The van der Waals surface area contributed by atoms with Gasteiger partial charge in [0.2, 0.25) is 0 Å². The SMILES string of the molecule is CC(C)(C)C1CCN(C(=O)c2cccc(Cl)c2N)C1. The molecule has 1 fully saturated rings. The van der Waals surface area contributed by atoms with Crippen LogP contribution < -0.4 is 5.73 Å². The lowest BCUT2D eigenvalue weighted by Gasteiger charge is -2.27. The van der Waals surface area contributed by atoms with Gasteiger partial charge < -0.3 is 10.6 Å². The Hall–Kier alpha value is -1.22. The maximum atomic E-state index is 12.5. The average molecular weight is 281 g/mol. The van der Waals surface area contributed by atoms with E-state index in [1.165, 1.54) is 0 Å². The van der Waals surface area contributed by atoms with Crippen molar-refractivity contribution < 1.29 is 4.79 Å². The molecule has 1 atom stereocenters. The zero-order valence-corrected chi connectivity index (χ0v) is 12.5. The minimum atomic E-state index is -0.00764. The van der Waals surface area contributed by atoms with Crippen LogP contribution in [0, 0.1) is 11.3 Å². The molecule has 0 saturated carbocycles. The van der Waals surface area contributed by atoms with Gasteiger partial charge in [0.25, 0.3) is 5.91 Å². The third kappa shape index (κ3) is 2.86. The standard InChI is InChI=1S/C15H21ClN2O/c1-15(2,3)10-7-8-18(9-10)14(19)11-5-4-6-12(16)13(11)17/h4-6,10H,7-9,17H2,1-3H3. The number of nitrogens with two attached hydrogens (primary N) is 1. The summed E-state index contributed by atoms with van der Waals surface area (Å²) in [4.78, 5) is 14.4. The Morgan fingerprint density at radius 2 is 2.11 bits per heavy atom. The zero-order valence-electron chi connectivity index (χ0n) is 11.7. The summed E-state index contributed by atoms with van der Waals surface area (Å²) >= 11 is 5.97. The first-order chi connectivity index (χ1) is 8.80. The van der Waals surface area contributed by atoms with Gasteiger partial charge in [-0.25, -0.2) is 0 Å². The highest BCUT2D eigenvalue weighted by Gasteiger charge is 2.34. The Kier molecular flexibility index (Phi) is 3.77. The molecule has 0 radical (unpaired) electrons. The summed E-state index contributed by atoms with van der Waals surface area (Å²) in [5.41, 5.74) is 7.02. The van der Waals surface area contributed by atoms with Crippen molar-refractivity contribution in [1.82, 2.24) is 4.90 Å². The lowest BCUT2D eigenvalue weighted by molar-refractivity contribution is 0.0777. The maximum absolute atomic E-state index is 12.5. The number of halogens is 1. The Bertz CT molecular complexity index is 493. The number of hydrogen-bond acceptors (Lipinski definition) is 2. The van der Waals surface area contributed by atoms with Crippen LogP contribution >= 0.6 is 11.6 Å². The first-order valence-corrected chi connectivity index (χ1v) is 7.01. The fourth-order valence-electron chi connectivity index (χ4n) is 2.55. The van der Waals surface area contributed by atoms with E-state index in [0.717, 1.165) is 19.5 Å². The number of amides is 1. The third-order valence-corrected chi connectivity index (χ3v) is 4.31. The Morgan fingerprint density at radius 1 is 1.42 bits per heavy atom. The summed E-state index contributed by atoms with van der Waals surface area (Å²) in [6, 6.07) is 5.22. The van der Waals surface area contributed by atoms with E-state index >= 15 is 0 Å². The lowest BCUT2D eigenvalue weighted by Crippen LogP contribution is -2.31. The fraction of sp³-hybridized carbons (Fsp3) is 0.533. The molecule has 0 bridgehead atoms. The summed E-state index contributed by atoms with van der Waals surface area (Å²) in [5, 5.41) is 0.442. The minimum absolute atomic E-state index is 0.00764. The molecule has 1 amide bonds. The molecule has 1 aliphatic heterocycles. The Balaban J connectivity index is 2.16. The lowest BCUT2D eigenvalue weighted by atomic mass is 9.80. The molecular weight excluding hydrogens is 260 g/mol. The van der Waals surface area contributed by atoms with E-state index in [-0.39, 0.29) is 11.3 Å². The topological polar surface area (TPSA) is 46.3 Å². The van der Waals surface area contributed by atoms with Crippen LogP contribution in [0.4, 0.5) is 5.69 Å². The second-order valence-corrected chi connectivity index (χ2v) is 6.71. The highest BCUT2D eigenvalue weighted by molar-refractivity contribution is 6.33. The van der Waals surface area contributed by atoms with Gasteiger partial charge in [-0.2, -0.15) is 0 Å². The molecular formula is C15H21ClN2O. The molecule has 0 aliphatic carbocycles. The second kappa shape index (κ2) is 5.04. The molecule has 4 heteroatoms. The van der Waals surface area contributed by atoms with Crippen LogP contribution in [0.5, 0.6) is 0 Å². The minimum Gasteiger partial charge on any atom is -0.397 e. The zero-order chi connectivity index (χ0) is 14.2. The molecule has 0 aromatic heterocycles. The van der Waals surface area contributed by atoms with Gasteiger partial charge in [0.15, 0.2) is 0 Å². The smallest absolute Gasteiger partial charge is 0.256 e. The number of nitrogens with zero attached hydrogens (tertiary/aromatic N) is 1. The molecule has 0 spiro atoms. The fourth-order valence-corrected chi connectivity index (χ4v) is 2.72. The normalized spacial score (nSPS) is 19.8. The van der Waals surface area contributed by atoms with E-state index in [1.54, 1.807) is 18.2 Å². The molecule has 19 heavy (non-hydrogen) atoms. The highest BCUT2D eigenvalue weighted by Crippen LogP contribution is 2.34. The number of likely N-dealkylation sites (tertiary alicyclic amines) is 1. The van der Waals surface area contributed by atoms with Crippen LogP contribution in [0.2, 0.25) is 5.02 Å². The van der Waals surface area contributed by atoms with Gasteiger partial charge in [-0.1, -0.05) is 38.4 Å². The largest absolute Gasteiger partial charge is 0.397 e. The van der Waals surface area contributed by atoms with Crippen molar-refractivity contribution in [2.24, 2.45) is 11.3 Å². The van der Waals surface area contributed by atoms with Crippen LogP contribution in [-0.2, 0) is 0 Å². The molecule has 1 aliphatic rings. The molecule has 2 rings (SSSR count). The first kappa shape index (κ1) is 14.2. The summed E-state index contributed by atoms with van der Waals surface area (Å²) in [6.07, 6.45) is 1.05. The van der Waals surface area contributed by atoms with Gasteiger partial charge in [0, 0.05) is 13.1 Å². The monoisotopic (exact) mass is 280 g/mol. The number of benzene rings is 1. The Labute approximate surface area is 119 Å². The summed E-state index contributed by atoms with van der Waals surface area (Å²) in [5.74, 6) is 0.531. The van der Waals surface area contributed by atoms with Crippen LogP contribution in [0.15, 0.2) is 18.2 Å². The molecule has 3 nitrogen and oxygen atoms in total. The maximum Gasteiger partial charge on any atom is 0.256 e. The van der Waals surface area contributed by atoms with Crippen LogP contribution in [0.25, 0.3) is 0 Å². The molecule has 2 N–H and O–H groups in total. The van der Waals surface area contributed by atoms with E-state index in [1.807, 2.05) is 4.90 Å². The molecule has 1 heterocycles. The van der Waals surface area contributed by atoms with Gasteiger partial charge in [0.1, 0.15) is 0 Å². The third-order valence-electron chi connectivity index (χ3n) is 3.98. The van der Waals surface area contributed by atoms with Gasteiger partial charge in [-0.15, -0.1) is 0 Å². The van der Waals surface area contributed by atoms with Crippen LogP contribution in [-0.4, -0.2) is 23.9 Å². The molecule has 1 aromatic carbocycles. The summed E-state index contributed by atoms with van der Waals surface area (Å²) in [7, 11) is 0. The number of carbonyl (C=O) groups excluding carboxylic acids is 1. The summed E-state index contributed by atoms with van der Waals surface area (Å²) in [6.45, 7) is 8.26. The summed E-state index contributed by atoms with van der Waals surface area (Å²) < 4.78 is 0. The van der Waals surface area contributed by atoms with Crippen molar-refractivity contribution >= 4 is 23.2 Å². The molecule has 104 valence electrons. The number of rotatable bonds is 1. The van der Waals surface area contributed by atoms with Crippen molar-refractivity contribution in [3.63, 3.8) is 0 Å². The van der Waals surface area contributed by atoms with E-state index in [4.69, 9.17) is 17.3 Å². The van der Waals surface area contributed by atoms with E-state index < -0.39 is 0 Å². The number of para-hydroxylation sites is 1. The molecule has 1 saturated heterocycles. The average Bonchev–Trinajstić information content (AvgIpc) is 2.81. The van der Waals surface area contributed by atoms with Gasteiger partial charge in [-0.3, -0.25) is 4.79 Å². The Morgan fingerprint density at radius 3 is 2.68 bits per heavy atom. The van der Waals surface area contributed by atoms with Crippen molar-refractivity contribution in [2.75, 3.05) is 18.8 Å².